The molecular weight excluding hydrogens is 664 g/mol. The van der Waals surface area contributed by atoms with Crippen molar-refractivity contribution in [1.29, 1.82) is 0 Å². The van der Waals surface area contributed by atoms with Gasteiger partial charge in [-0.15, -0.1) is 0 Å². The second-order valence-corrected chi connectivity index (χ2v) is 11.5. The number of carbonyl (C=O) groups is 2. The number of benzene rings is 6. The molecule has 0 atom stereocenters. The van der Waals surface area contributed by atoms with E-state index in [1.54, 1.807) is 36.4 Å². The summed E-state index contributed by atoms with van der Waals surface area (Å²) in [5, 5.41) is 33.7. The van der Waals surface area contributed by atoms with Crippen LogP contribution in [-0.4, -0.2) is 27.3 Å². The first kappa shape index (κ1) is 34.9. The lowest BCUT2D eigenvalue weighted by Crippen LogP contribution is -2.09. The van der Waals surface area contributed by atoms with Crippen molar-refractivity contribution in [3.05, 3.63) is 173 Å². The van der Waals surface area contributed by atoms with Crippen LogP contribution in [0, 0.1) is 0 Å². The zero-order chi connectivity index (χ0) is 36.3. The number of carbonyl (C=O) groups excluding carboxylic acids is 2. The Labute approximate surface area is 299 Å². The molecule has 6 rings (SSSR count). The average molecular weight is 699 g/mol. The van der Waals surface area contributed by atoms with Crippen LogP contribution in [0.25, 0.3) is 0 Å². The van der Waals surface area contributed by atoms with E-state index in [1.165, 1.54) is 18.2 Å². The van der Waals surface area contributed by atoms with Crippen molar-refractivity contribution in [2.24, 2.45) is 0 Å². The van der Waals surface area contributed by atoms with Crippen molar-refractivity contribution < 1.29 is 48.6 Å². The van der Waals surface area contributed by atoms with Crippen LogP contribution in [0.15, 0.2) is 140 Å². The van der Waals surface area contributed by atoms with Crippen LogP contribution in [0.1, 0.15) is 43.0 Å². The van der Waals surface area contributed by atoms with E-state index in [1.807, 2.05) is 84.9 Å². The number of phenolic OH excluding ortho intramolecular Hbond substituents is 3. The van der Waals surface area contributed by atoms with E-state index in [-0.39, 0.29) is 54.8 Å². The van der Waals surface area contributed by atoms with Gasteiger partial charge in [0.2, 0.25) is 17.2 Å². The van der Waals surface area contributed by atoms with Gasteiger partial charge in [-0.1, -0.05) is 121 Å². The molecule has 6 aromatic carbocycles. The first-order valence-electron chi connectivity index (χ1n) is 16.2. The van der Waals surface area contributed by atoms with E-state index in [2.05, 4.69) is 0 Å². The summed E-state index contributed by atoms with van der Waals surface area (Å²) < 4.78 is 28.8. The maximum atomic E-state index is 13.6. The summed E-state index contributed by atoms with van der Waals surface area (Å²) in [6, 6.07) is 39.9. The average Bonchev–Trinajstić information content (AvgIpc) is 3.19. The van der Waals surface area contributed by atoms with Crippen LogP contribution < -0.4 is 14.2 Å². The molecule has 6 aromatic rings. The van der Waals surface area contributed by atoms with E-state index in [4.69, 9.17) is 23.7 Å². The molecular formula is C42H34O10. The molecule has 262 valence electrons. The normalized spacial score (nSPS) is 10.6. The van der Waals surface area contributed by atoms with Crippen molar-refractivity contribution in [2.75, 3.05) is 0 Å². The minimum atomic E-state index is -0.933. The van der Waals surface area contributed by atoms with Crippen molar-refractivity contribution in [3.8, 4) is 40.2 Å². The molecule has 0 bridgehead atoms. The van der Waals surface area contributed by atoms with E-state index in [0.29, 0.717) is 5.56 Å². The van der Waals surface area contributed by atoms with Gasteiger partial charge in [-0.05, 0) is 34.4 Å². The molecule has 10 heteroatoms. The van der Waals surface area contributed by atoms with Crippen LogP contribution in [0.3, 0.4) is 0 Å². The van der Waals surface area contributed by atoms with Gasteiger partial charge in [-0.3, -0.25) is 0 Å². The lowest BCUT2D eigenvalue weighted by molar-refractivity contribution is 0.0459. The third-order valence-electron chi connectivity index (χ3n) is 7.80. The Hall–Kier alpha value is -6.94. The molecule has 0 radical (unpaired) electrons. The van der Waals surface area contributed by atoms with Gasteiger partial charge >= 0.3 is 11.9 Å². The minimum absolute atomic E-state index is 0.00257. The Kier molecular flexibility index (Phi) is 11.2. The number of esters is 2. The molecule has 0 heterocycles. The van der Waals surface area contributed by atoms with Gasteiger partial charge in [0.25, 0.3) is 0 Å². The van der Waals surface area contributed by atoms with E-state index in [9.17, 15) is 24.9 Å². The molecule has 0 saturated carbocycles. The van der Waals surface area contributed by atoms with Crippen LogP contribution in [0.5, 0.6) is 40.2 Å². The summed E-state index contributed by atoms with van der Waals surface area (Å²) in [6.45, 7) is -0.130. The summed E-state index contributed by atoms with van der Waals surface area (Å²) in [6.07, 6.45) is 0. The topological polar surface area (TPSA) is 141 Å². The quantitative estimate of drug-likeness (QED) is 0.0749. The maximum absolute atomic E-state index is 13.6. The Balaban J connectivity index is 1.36. The van der Waals surface area contributed by atoms with Gasteiger partial charge in [0.1, 0.15) is 32.0 Å². The molecule has 0 aliphatic rings. The van der Waals surface area contributed by atoms with Crippen LogP contribution in [0.2, 0.25) is 0 Å². The Morgan fingerprint density at radius 1 is 0.442 bits per heavy atom. The van der Waals surface area contributed by atoms with Crippen LogP contribution in [-0.2, 0) is 35.9 Å². The zero-order valence-electron chi connectivity index (χ0n) is 27.8. The summed E-state index contributed by atoms with van der Waals surface area (Å²) in [5.41, 5.74) is 2.59. The highest BCUT2D eigenvalue weighted by Crippen LogP contribution is 2.50. The molecule has 52 heavy (non-hydrogen) atoms. The number of hydrogen-bond donors (Lipinski definition) is 3. The van der Waals surface area contributed by atoms with E-state index >= 15 is 0 Å². The van der Waals surface area contributed by atoms with Crippen molar-refractivity contribution in [3.63, 3.8) is 0 Å². The molecule has 10 nitrogen and oxygen atoms in total. The number of ether oxygens (including phenoxy) is 5. The smallest absolute Gasteiger partial charge is 0.342 e. The summed E-state index contributed by atoms with van der Waals surface area (Å²) in [7, 11) is 0. The fourth-order valence-electron chi connectivity index (χ4n) is 5.06. The van der Waals surface area contributed by atoms with Crippen molar-refractivity contribution in [2.45, 2.75) is 26.4 Å². The summed E-state index contributed by atoms with van der Waals surface area (Å²) in [5.74, 6) is -5.19. The fourth-order valence-corrected chi connectivity index (χ4v) is 5.06. The predicted octanol–water partition coefficient (Wildman–Crippen LogP) is 8.47. The lowest BCUT2D eigenvalue weighted by atomic mass is 10.1. The highest BCUT2D eigenvalue weighted by molar-refractivity contribution is 5.95. The van der Waals surface area contributed by atoms with Gasteiger partial charge in [-0.25, -0.2) is 9.59 Å². The highest BCUT2D eigenvalue weighted by Gasteiger charge is 2.28. The van der Waals surface area contributed by atoms with Gasteiger partial charge in [-0.2, -0.15) is 0 Å². The second-order valence-electron chi connectivity index (χ2n) is 11.5. The molecule has 0 aliphatic heterocycles. The largest absolute Gasteiger partial charge is 0.502 e. The first-order valence-corrected chi connectivity index (χ1v) is 16.2. The summed E-state index contributed by atoms with van der Waals surface area (Å²) in [4.78, 5) is 26.9. The van der Waals surface area contributed by atoms with E-state index in [0.717, 1.165) is 16.7 Å². The van der Waals surface area contributed by atoms with Gasteiger partial charge < -0.3 is 39.0 Å². The SMILES string of the molecule is O=C(OCc1ccccc1)c1cc(OCc2ccccc2)c(O)c(Oc2c(C(=O)OCc3ccccc3)cc(OCc3ccccc3)c(O)c2O)c1. The van der Waals surface area contributed by atoms with Gasteiger partial charge in [0.05, 0.1) is 5.56 Å². The third-order valence-corrected chi connectivity index (χ3v) is 7.80. The molecule has 0 fully saturated rings. The Bertz CT molecular complexity index is 2120. The predicted molar refractivity (Wildman–Crippen MR) is 191 cm³/mol. The third kappa shape index (κ3) is 8.80. The number of phenols is 3. The molecule has 0 aromatic heterocycles. The van der Waals surface area contributed by atoms with E-state index < -0.39 is 34.9 Å². The molecule has 0 spiro atoms. The lowest BCUT2D eigenvalue weighted by Gasteiger charge is -2.19. The molecule has 0 unspecified atom stereocenters. The molecule has 0 amide bonds. The monoisotopic (exact) mass is 698 g/mol. The van der Waals surface area contributed by atoms with Crippen molar-refractivity contribution >= 4 is 11.9 Å². The number of hydrogen-bond acceptors (Lipinski definition) is 10. The number of aromatic hydroxyl groups is 3. The van der Waals surface area contributed by atoms with Gasteiger partial charge in [0.15, 0.2) is 23.0 Å². The maximum Gasteiger partial charge on any atom is 0.342 e. The van der Waals surface area contributed by atoms with Crippen molar-refractivity contribution in [1.82, 2.24) is 0 Å². The summed E-state index contributed by atoms with van der Waals surface area (Å²) >= 11 is 0. The Morgan fingerprint density at radius 3 is 1.33 bits per heavy atom. The van der Waals surface area contributed by atoms with Crippen LogP contribution in [0.4, 0.5) is 0 Å². The Morgan fingerprint density at radius 2 is 0.846 bits per heavy atom. The second kappa shape index (κ2) is 16.6. The van der Waals surface area contributed by atoms with Crippen LogP contribution >= 0.6 is 0 Å². The molecule has 3 N–H and O–H groups in total. The standard InChI is InChI=1S/C42H34O10/c43-37-34(48-24-28-13-5-1-6-14-28)21-32(41(46)50-26-30-17-9-3-10-18-30)22-36(37)52-40-33(42(47)51-27-31-19-11-4-12-20-31)23-35(38(44)39(40)45)49-25-29-15-7-2-8-16-29/h1-23,43-45H,24-27H2. The number of rotatable bonds is 14. The minimum Gasteiger partial charge on any atom is -0.502 e. The fraction of sp³-hybridized carbons (Fsp3) is 0.0952. The molecule has 0 aliphatic carbocycles. The first-order chi connectivity index (χ1) is 25.4. The zero-order valence-corrected chi connectivity index (χ0v) is 27.8. The molecule has 0 saturated heterocycles. The highest BCUT2D eigenvalue weighted by atomic mass is 16.5. The van der Waals surface area contributed by atoms with Gasteiger partial charge in [0, 0.05) is 6.07 Å².